The number of ketones is 2. The van der Waals surface area contributed by atoms with Crippen LogP contribution in [0.2, 0.25) is 0 Å². The summed E-state index contributed by atoms with van der Waals surface area (Å²) < 4.78 is 30.2. The van der Waals surface area contributed by atoms with Crippen LogP contribution in [-0.4, -0.2) is 115 Å². The fraction of sp³-hybridized carbons (Fsp3) is 0.680. The Morgan fingerprint density at radius 3 is 2.29 bits per heavy atom. The average Bonchev–Trinajstić information content (AvgIpc) is 3.26. The second kappa shape index (κ2) is 22.9. The molecule has 2 N–H and O–H groups in total. The number of methoxy groups -OCH3 is 3. The molecular formula is C50H73NO11. The van der Waals surface area contributed by atoms with E-state index in [1.165, 1.54) is 4.90 Å². The highest BCUT2D eigenvalue weighted by molar-refractivity contribution is 6.39. The van der Waals surface area contributed by atoms with E-state index in [9.17, 15) is 29.4 Å². The maximum Gasteiger partial charge on any atom is 0.329 e. The zero-order valence-corrected chi connectivity index (χ0v) is 38.3. The summed E-state index contributed by atoms with van der Waals surface area (Å²) in [4.78, 5) is 58.6. The van der Waals surface area contributed by atoms with E-state index in [0.717, 1.165) is 23.1 Å². The van der Waals surface area contributed by atoms with Crippen molar-refractivity contribution in [2.75, 3.05) is 27.9 Å². The van der Waals surface area contributed by atoms with Crippen LogP contribution in [-0.2, 0) is 42.9 Å². The number of Topliss-reactive ketones (excluding diaryl/α,β-unsaturated/α-hetero) is 2. The van der Waals surface area contributed by atoms with Gasteiger partial charge in [-0.25, -0.2) is 4.79 Å². The minimum Gasteiger partial charge on any atom is -0.456 e. The summed E-state index contributed by atoms with van der Waals surface area (Å²) in [5, 5.41) is 22.6. The molecule has 5 rings (SSSR count). The van der Waals surface area contributed by atoms with Gasteiger partial charge in [-0.15, -0.1) is 0 Å². The number of cyclic esters (lactones) is 1. The largest absolute Gasteiger partial charge is 0.456 e. The number of carbonyl (C=O) groups is 4. The predicted molar refractivity (Wildman–Crippen MR) is 236 cm³/mol. The summed E-state index contributed by atoms with van der Waals surface area (Å²) >= 11 is 0. The van der Waals surface area contributed by atoms with Gasteiger partial charge < -0.3 is 38.8 Å². The lowest BCUT2D eigenvalue weighted by Crippen LogP contribution is -2.64. The number of amides is 1. The molecule has 1 aromatic rings. The Labute approximate surface area is 369 Å². The minimum atomic E-state index is -2.48. The number of aliphatic hydroxyl groups is 2. The Bertz CT molecular complexity index is 1760. The van der Waals surface area contributed by atoms with Gasteiger partial charge in [0, 0.05) is 46.1 Å². The summed E-state index contributed by atoms with van der Waals surface area (Å²) in [6, 6.07) is 8.92. The van der Waals surface area contributed by atoms with Crippen LogP contribution in [0, 0.1) is 29.6 Å². The third kappa shape index (κ3) is 12.4. The van der Waals surface area contributed by atoms with Gasteiger partial charge in [0.2, 0.25) is 5.79 Å². The molecule has 3 heterocycles. The van der Waals surface area contributed by atoms with Crippen LogP contribution in [0.3, 0.4) is 0 Å². The van der Waals surface area contributed by atoms with E-state index in [0.29, 0.717) is 51.4 Å². The second-order valence-corrected chi connectivity index (χ2v) is 18.7. The summed E-state index contributed by atoms with van der Waals surface area (Å²) in [6.45, 7) is 9.83. The van der Waals surface area contributed by atoms with Crippen LogP contribution in [0.4, 0.5) is 0 Å². The molecule has 0 radical (unpaired) electrons. The quantitative estimate of drug-likeness (QED) is 0.155. The number of ether oxygens (including phenoxy) is 5. The minimum absolute atomic E-state index is 0.0474. The third-order valence-corrected chi connectivity index (χ3v) is 13.8. The number of benzene rings is 1. The number of piperidine rings is 1. The van der Waals surface area contributed by atoms with Crippen molar-refractivity contribution in [2.45, 2.75) is 160 Å². The van der Waals surface area contributed by atoms with E-state index < -0.39 is 65.9 Å². The molecule has 12 heteroatoms. The van der Waals surface area contributed by atoms with Crippen molar-refractivity contribution in [3.63, 3.8) is 0 Å². The van der Waals surface area contributed by atoms with Gasteiger partial charge in [0.15, 0.2) is 0 Å². The van der Waals surface area contributed by atoms with Gasteiger partial charge in [-0.2, -0.15) is 0 Å². The molecule has 3 fully saturated rings. The molecule has 1 aliphatic carbocycles. The van der Waals surface area contributed by atoms with Crippen molar-refractivity contribution >= 4 is 29.5 Å². The second-order valence-electron chi connectivity index (χ2n) is 18.7. The molecule has 4 aliphatic rings. The van der Waals surface area contributed by atoms with Crippen molar-refractivity contribution in [3.05, 3.63) is 65.3 Å². The van der Waals surface area contributed by atoms with Crippen LogP contribution < -0.4 is 0 Å². The molecule has 2 saturated heterocycles. The SMILES string of the molecule is COC1CC(C=C(C)C2OC(=O)C3CCCCN3C(=O)C(=O)C3(O)OC(C(OC)CC(C)C/C(C)=C/C(CC=Cc4ccccc4)C(=O)CCC2C)C(OC)CC3C)CCC1O. The molecule has 12 nitrogen and oxygen atoms in total. The number of hydrogen-bond donors (Lipinski definition) is 2. The normalized spacial score (nSPS) is 37.5. The van der Waals surface area contributed by atoms with Crippen LogP contribution in [0.5, 0.6) is 0 Å². The molecule has 1 amide bonds. The van der Waals surface area contributed by atoms with Gasteiger partial charge in [-0.3, -0.25) is 14.4 Å². The number of esters is 1. The fourth-order valence-electron chi connectivity index (χ4n) is 10.2. The summed E-state index contributed by atoms with van der Waals surface area (Å²) in [5.41, 5.74) is 2.91. The maximum atomic E-state index is 14.4. The first-order valence-corrected chi connectivity index (χ1v) is 22.9. The Morgan fingerprint density at radius 1 is 0.903 bits per heavy atom. The van der Waals surface area contributed by atoms with Crippen LogP contribution in [0.25, 0.3) is 6.08 Å². The Hall–Kier alpha value is -3.52. The standard InChI is InChI=1S/C50H73NO11/c1-31-25-32(2)27-43(59-7)46-44(60-8)29-35(5)50(57,62-46)47(54)48(55)51-24-13-12-19-39(51)49(56)61-45(34(4)28-37-21-23-41(53)42(30-37)58-6)33(3)20-22-40(52)38(26-31)18-14-17-36-15-10-9-11-16-36/h9-11,14-17,26,28,32-33,35,37-39,41-46,53,57H,12-13,18-25,27,29-30H2,1-8H3/b17-14?,31-26+,34-28?. The number of rotatable bonds is 8. The summed E-state index contributed by atoms with van der Waals surface area (Å²) in [6.07, 6.45) is 10.7. The molecular weight excluding hydrogens is 791 g/mol. The Morgan fingerprint density at radius 2 is 1.60 bits per heavy atom. The van der Waals surface area contributed by atoms with Gasteiger partial charge in [0.05, 0.1) is 24.4 Å². The van der Waals surface area contributed by atoms with Gasteiger partial charge >= 0.3 is 5.97 Å². The lowest BCUT2D eigenvalue weighted by Gasteiger charge is -2.47. The molecule has 13 unspecified atom stereocenters. The number of fused-ring (bicyclic) bond motifs is 3. The molecule has 0 spiro atoms. The van der Waals surface area contributed by atoms with Gasteiger partial charge in [-0.1, -0.05) is 81.0 Å². The van der Waals surface area contributed by atoms with Crippen molar-refractivity contribution in [1.29, 1.82) is 0 Å². The van der Waals surface area contributed by atoms with E-state index in [4.69, 9.17) is 23.7 Å². The number of hydrogen-bond acceptors (Lipinski definition) is 11. The van der Waals surface area contributed by atoms with Crippen molar-refractivity contribution in [1.82, 2.24) is 4.90 Å². The third-order valence-electron chi connectivity index (χ3n) is 13.8. The molecule has 0 aromatic heterocycles. The molecule has 13 atom stereocenters. The lowest BCUT2D eigenvalue weighted by molar-refractivity contribution is -0.302. The molecule has 3 aliphatic heterocycles. The molecule has 1 saturated carbocycles. The van der Waals surface area contributed by atoms with E-state index in [1.54, 1.807) is 28.3 Å². The Kier molecular flexibility index (Phi) is 18.3. The number of allylic oxidation sites excluding steroid dienone is 4. The first-order chi connectivity index (χ1) is 29.6. The van der Waals surface area contributed by atoms with E-state index >= 15 is 0 Å². The predicted octanol–water partition coefficient (Wildman–Crippen LogP) is 7.20. The maximum absolute atomic E-state index is 14.4. The van der Waals surface area contributed by atoms with E-state index in [-0.39, 0.29) is 61.4 Å². The summed E-state index contributed by atoms with van der Waals surface area (Å²) in [5.74, 6) is -6.52. The first kappa shape index (κ1) is 49.5. The Balaban J connectivity index is 1.53. The number of nitrogens with zero attached hydrogens (tertiary/aromatic N) is 1. The zero-order valence-electron chi connectivity index (χ0n) is 38.3. The van der Waals surface area contributed by atoms with Crippen molar-refractivity contribution in [3.8, 4) is 0 Å². The topological polar surface area (TPSA) is 158 Å². The van der Waals surface area contributed by atoms with E-state index in [1.807, 2.05) is 57.2 Å². The monoisotopic (exact) mass is 864 g/mol. The fourth-order valence-corrected chi connectivity index (χ4v) is 10.2. The average molecular weight is 864 g/mol. The first-order valence-electron chi connectivity index (χ1n) is 22.9. The highest BCUT2D eigenvalue weighted by Gasteiger charge is 2.56. The van der Waals surface area contributed by atoms with Crippen LogP contribution >= 0.6 is 0 Å². The molecule has 344 valence electrons. The smallest absolute Gasteiger partial charge is 0.329 e. The highest BCUT2D eigenvalue weighted by atomic mass is 16.7. The molecule has 62 heavy (non-hydrogen) atoms. The summed E-state index contributed by atoms with van der Waals surface area (Å²) in [7, 11) is 4.70. The van der Waals surface area contributed by atoms with Gasteiger partial charge in [0.1, 0.15) is 24.0 Å². The zero-order chi connectivity index (χ0) is 45.1. The number of aliphatic hydroxyl groups excluding tert-OH is 1. The van der Waals surface area contributed by atoms with Crippen LogP contribution in [0.15, 0.2) is 59.7 Å². The van der Waals surface area contributed by atoms with Crippen LogP contribution in [0.1, 0.15) is 117 Å². The van der Waals surface area contributed by atoms with Gasteiger partial charge in [-0.05, 0) is 113 Å². The van der Waals surface area contributed by atoms with E-state index in [2.05, 4.69) is 25.2 Å². The lowest BCUT2D eigenvalue weighted by atomic mass is 9.82. The van der Waals surface area contributed by atoms with Gasteiger partial charge in [0.25, 0.3) is 11.7 Å². The molecule has 1 aromatic carbocycles. The van der Waals surface area contributed by atoms with Crippen molar-refractivity contribution in [2.24, 2.45) is 29.6 Å². The van der Waals surface area contributed by atoms with Crippen molar-refractivity contribution < 1.29 is 53.1 Å². The number of carbonyl (C=O) groups excluding carboxylic acids is 4. The molecule has 2 bridgehead atoms. The highest BCUT2D eigenvalue weighted by Crippen LogP contribution is 2.39.